The molecule has 0 aromatic heterocycles. The molecule has 0 spiro atoms. The highest BCUT2D eigenvalue weighted by Gasteiger charge is 2.28. The van der Waals surface area contributed by atoms with E-state index in [1.165, 1.54) is 11.8 Å². The molecule has 1 atom stereocenters. The first-order valence-corrected chi connectivity index (χ1v) is 11.0. The van der Waals surface area contributed by atoms with E-state index in [1.807, 2.05) is 64.1 Å². The summed E-state index contributed by atoms with van der Waals surface area (Å²) in [6.07, 6.45) is 0. The van der Waals surface area contributed by atoms with Crippen LogP contribution < -0.4 is 5.32 Å². The molecule has 156 valence electrons. The number of amides is 2. The molecule has 0 fully saturated rings. The van der Waals surface area contributed by atoms with E-state index >= 15 is 0 Å². The van der Waals surface area contributed by atoms with E-state index in [0.29, 0.717) is 11.6 Å². The Morgan fingerprint density at radius 2 is 1.72 bits per heavy atom. The van der Waals surface area contributed by atoms with Gasteiger partial charge >= 0.3 is 0 Å². The number of nitrogens with zero attached hydrogens (tertiary/aromatic N) is 1. The van der Waals surface area contributed by atoms with Crippen LogP contribution in [-0.4, -0.2) is 34.0 Å². The Bertz CT molecular complexity index is 847. The smallest absolute Gasteiger partial charge is 0.242 e. The third-order valence-electron chi connectivity index (χ3n) is 4.44. The van der Waals surface area contributed by atoms with Gasteiger partial charge in [-0.15, -0.1) is 11.8 Å². The van der Waals surface area contributed by atoms with Crippen molar-refractivity contribution in [1.29, 1.82) is 0 Å². The van der Waals surface area contributed by atoms with E-state index in [1.54, 1.807) is 24.0 Å². The van der Waals surface area contributed by atoms with Crippen molar-refractivity contribution in [3.8, 4) is 0 Å². The Labute approximate surface area is 183 Å². The van der Waals surface area contributed by atoms with Crippen molar-refractivity contribution in [2.75, 3.05) is 5.75 Å². The van der Waals surface area contributed by atoms with Crippen LogP contribution in [0.1, 0.15) is 38.8 Å². The number of halogens is 1. The maximum absolute atomic E-state index is 13.1. The minimum Gasteiger partial charge on any atom is -0.350 e. The van der Waals surface area contributed by atoms with Gasteiger partial charge in [0.25, 0.3) is 0 Å². The van der Waals surface area contributed by atoms with E-state index in [0.717, 1.165) is 16.0 Å². The molecular formula is C23H29ClN2O2S. The number of aryl methyl sites for hydroxylation is 1. The van der Waals surface area contributed by atoms with Crippen LogP contribution in [0.3, 0.4) is 0 Å². The minimum atomic E-state index is -0.577. The van der Waals surface area contributed by atoms with Gasteiger partial charge in [-0.2, -0.15) is 0 Å². The molecule has 0 unspecified atom stereocenters. The zero-order chi connectivity index (χ0) is 21.6. The SMILES string of the molecule is Cc1ccccc1CN(C(=O)CSc1ccc(Cl)cc1)[C@@H](C)C(=O)NC(C)(C)C. The van der Waals surface area contributed by atoms with Gasteiger partial charge in [-0.3, -0.25) is 9.59 Å². The van der Waals surface area contributed by atoms with Crippen molar-refractivity contribution in [2.45, 2.75) is 57.6 Å². The Morgan fingerprint density at radius 1 is 1.10 bits per heavy atom. The molecule has 0 bridgehead atoms. The van der Waals surface area contributed by atoms with Crippen LogP contribution in [0.15, 0.2) is 53.4 Å². The molecular weight excluding hydrogens is 404 g/mol. The standard InChI is InChI=1S/C23H29ClN2O2S/c1-16-8-6-7-9-18(16)14-26(17(2)22(28)25-23(3,4)5)21(27)15-29-20-12-10-19(24)11-13-20/h6-13,17H,14-15H2,1-5H3,(H,25,28)/t17-/m0/s1. The van der Waals surface area contributed by atoms with E-state index in [2.05, 4.69) is 5.32 Å². The third-order valence-corrected chi connectivity index (χ3v) is 5.69. The molecule has 0 saturated carbocycles. The lowest BCUT2D eigenvalue weighted by molar-refractivity contribution is -0.139. The number of rotatable bonds is 7. The average molecular weight is 433 g/mol. The second-order valence-corrected chi connectivity index (χ2v) is 9.59. The van der Waals surface area contributed by atoms with Gasteiger partial charge in [-0.1, -0.05) is 35.9 Å². The monoisotopic (exact) mass is 432 g/mol. The van der Waals surface area contributed by atoms with Crippen LogP contribution in [0.5, 0.6) is 0 Å². The first-order chi connectivity index (χ1) is 13.6. The van der Waals surface area contributed by atoms with Crippen molar-refractivity contribution >= 4 is 35.2 Å². The molecule has 6 heteroatoms. The maximum Gasteiger partial charge on any atom is 0.242 e. The van der Waals surface area contributed by atoms with Gasteiger partial charge in [0.1, 0.15) is 6.04 Å². The molecule has 2 aromatic rings. The van der Waals surface area contributed by atoms with E-state index in [4.69, 9.17) is 11.6 Å². The van der Waals surface area contributed by atoms with E-state index in [-0.39, 0.29) is 23.1 Å². The lowest BCUT2D eigenvalue weighted by Gasteiger charge is -2.31. The fourth-order valence-corrected chi connectivity index (χ4v) is 3.70. The van der Waals surface area contributed by atoms with Crippen LogP contribution in [0.4, 0.5) is 0 Å². The highest BCUT2D eigenvalue weighted by atomic mass is 35.5. The van der Waals surface area contributed by atoms with Gasteiger partial charge < -0.3 is 10.2 Å². The van der Waals surface area contributed by atoms with E-state index in [9.17, 15) is 9.59 Å². The molecule has 4 nitrogen and oxygen atoms in total. The number of thioether (sulfide) groups is 1. The summed E-state index contributed by atoms with van der Waals surface area (Å²) in [5, 5.41) is 3.64. The quantitative estimate of drug-likeness (QED) is 0.621. The normalized spacial score (nSPS) is 12.3. The summed E-state index contributed by atoms with van der Waals surface area (Å²) in [5.74, 6) is 0.0152. The lowest BCUT2D eigenvalue weighted by atomic mass is 10.1. The predicted octanol–water partition coefficient (Wildman–Crippen LogP) is 5.07. The number of carbonyl (C=O) groups is 2. The zero-order valence-electron chi connectivity index (χ0n) is 17.7. The molecule has 0 aliphatic rings. The number of benzene rings is 2. The highest BCUT2D eigenvalue weighted by Crippen LogP contribution is 2.22. The molecule has 29 heavy (non-hydrogen) atoms. The maximum atomic E-state index is 13.1. The van der Waals surface area contributed by atoms with Crippen molar-refractivity contribution in [3.63, 3.8) is 0 Å². The Morgan fingerprint density at radius 3 is 2.31 bits per heavy atom. The average Bonchev–Trinajstić information content (AvgIpc) is 2.65. The van der Waals surface area contributed by atoms with Crippen LogP contribution in [0.25, 0.3) is 0 Å². The van der Waals surface area contributed by atoms with E-state index < -0.39 is 6.04 Å². The number of hydrogen-bond donors (Lipinski definition) is 1. The fraction of sp³-hybridized carbons (Fsp3) is 0.391. The Hall–Kier alpha value is -1.98. The first-order valence-electron chi connectivity index (χ1n) is 9.61. The summed E-state index contributed by atoms with van der Waals surface area (Å²) >= 11 is 7.37. The molecule has 0 aliphatic heterocycles. The number of carbonyl (C=O) groups excluding carboxylic acids is 2. The van der Waals surface area contributed by atoms with Crippen LogP contribution in [-0.2, 0) is 16.1 Å². The topological polar surface area (TPSA) is 49.4 Å². The van der Waals surface area contributed by atoms with Gasteiger partial charge in [0, 0.05) is 22.0 Å². The van der Waals surface area contributed by atoms with Gasteiger partial charge in [-0.05, 0) is 70.0 Å². The number of hydrogen-bond acceptors (Lipinski definition) is 3. The summed E-state index contributed by atoms with van der Waals surface area (Å²) in [4.78, 5) is 28.5. The molecule has 2 amide bonds. The van der Waals surface area contributed by atoms with Gasteiger partial charge in [-0.25, -0.2) is 0 Å². The molecule has 0 heterocycles. The van der Waals surface area contributed by atoms with Crippen molar-refractivity contribution in [2.24, 2.45) is 0 Å². The van der Waals surface area contributed by atoms with Crippen molar-refractivity contribution in [3.05, 3.63) is 64.7 Å². The van der Waals surface area contributed by atoms with Crippen LogP contribution in [0, 0.1) is 6.92 Å². The summed E-state index contributed by atoms with van der Waals surface area (Å²) < 4.78 is 0. The highest BCUT2D eigenvalue weighted by molar-refractivity contribution is 8.00. The third kappa shape index (κ3) is 7.41. The molecule has 0 radical (unpaired) electrons. The molecule has 2 rings (SSSR count). The summed E-state index contributed by atoms with van der Waals surface area (Å²) in [5.41, 5.74) is 1.77. The minimum absolute atomic E-state index is 0.0789. The molecule has 0 aliphatic carbocycles. The van der Waals surface area contributed by atoms with Gasteiger partial charge in [0.15, 0.2) is 0 Å². The molecule has 0 saturated heterocycles. The van der Waals surface area contributed by atoms with Crippen molar-refractivity contribution < 1.29 is 9.59 Å². The van der Waals surface area contributed by atoms with Gasteiger partial charge in [0.05, 0.1) is 5.75 Å². The fourth-order valence-electron chi connectivity index (χ4n) is 2.79. The molecule has 1 N–H and O–H groups in total. The Balaban J connectivity index is 2.18. The zero-order valence-corrected chi connectivity index (χ0v) is 19.2. The van der Waals surface area contributed by atoms with Crippen LogP contribution in [0.2, 0.25) is 5.02 Å². The largest absolute Gasteiger partial charge is 0.350 e. The predicted molar refractivity (Wildman–Crippen MR) is 121 cm³/mol. The summed E-state index contributed by atoms with van der Waals surface area (Å²) in [6, 6.07) is 14.7. The number of nitrogens with one attached hydrogen (secondary N) is 1. The van der Waals surface area contributed by atoms with Crippen LogP contribution >= 0.6 is 23.4 Å². The van der Waals surface area contributed by atoms with Gasteiger partial charge in [0.2, 0.25) is 11.8 Å². The second kappa shape index (κ2) is 10.2. The second-order valence-electron chi connectivity index (χ2n) is 8.11. The first kappa shape index (κ1) is 23.3. The summed E-state index contributed by atoms with van der Waals surface area (Å²) in [7, 11) is 0. The Kier molecular flexibility index (Phi) is 8.17. The van der Waals surface area contributed by atoms with Crippen molar-refractivity contribution in [1.82, 2.24) is 10.2 Å². The lowest BCUT2D eigenvalue weighted by Crippen LogP contribution is -2.52. The molecule has 2 aromatic carbocycles. The summed E-state index contributed by atoms with van der Waals surface area (Å²) in [6.45, 7) is 9.99.